The van der Waals surface area contributed by atoms with Crippen molar-refractivity contribution >= 4 is 26.8 Å². The molecule has 0 saturated carbocycles. The smallest absolute Gasteiger partial charge is 0.240 e. The maximum absolute atomic E-state index is 13.5. The van der Waals surface area contributed by atoms with Crippen molar-refractivity contribution in [2.75, 3.05) is 6.61 Å². The van der Waals surface area contributed by atoms with Gasteiger partial charge in [0.1, 0.15) is 0 Å². The second-order valence-electron chi connectivity index (χ2n) is 3.51. The molecule has 15 heavy (non-hydrogen) atoms. The van der Waals surface area contributed by atoms with E-state index in [0.29, 0.717) is 5.39 Å². The molecule has 0 bridgehead atoms. The largest absolute Gasteiger partial charge is 0.356 e. The first kappa shape index (κ1) is 9.30. The standard InChI is InChI=1S/C10H8BrFN2O/c11-6-1-2-7-8(5-6)14(13-10(7)12)9-3-4-15-9/h1-2,5,9H,3-4H2. The molecular weight excluding hydrogens is 263 g/mol. The molecule has 0 amide bonds. The lowest BCUT2D eigenvalue weighted by Gasteiger charge is -2.26. The number of nitrogens with zero attached hydrogens (tertiary/aromatic N) is 2. The minimum absolute atomic E-state index is 0.105. The summed E-state index contributed by atoms with van der Waals surface area (Å²) in [5.74, 6) is -0.437. The van der Waals surface area contributed by atoms with E-state index < -0.39 is 5.95 Å². The quantitative estimate of drug-likeness (QED) is 0.797. The summed E-state index contributed by atoms with van der Waals surface area (Å²) >= 11 is 3.36. The molecule has 1 atom stereocenters. The number of halogens is 2. The molecule has 0 N–H and O–H groups in total. The number of benzene rings is 1. The summed E-state index contributed by atoms with van der Waals surface area (Å²) in [4.78, 5) is 0. The molecule has 2 heterocycles. The van der Waals surface area contributed by atoms with Crippen LogP contribution in [0.3, 0.4) is 0 Å². The van der Waals surface area contributed by atoms with Crippen molar-refractivity contribution in [3.63, 3.8) is 0 Å². The lowest BCUT2D eigenvalue weighted by Crippen LogP contribution is -2.25. The third kappa shape index (κ3) is 1.38. The summed E-state index contributed by atoms with van der Waals surface area (Å²) in [5.41, 5.74) is 0.770. The Morgan fingerprint density at radius 3 is 3.00 bits per heavy atom. The monoisotopic (exact) mass is 270 g/mol. The summed E-state index contributed by atoms with van der Waals surface area (Å²) in [5, 5.41) is 4.39. The van der Waals surface area contributed by atoms with Gasteiger partial charge in [0.2, 0.25) is 5.95 Å². The van der Waals surface area contributed by atoms with E-state index in [1.807, 2.05) is 6.07 Å². The van der Waals surface area contributed by atoms with E-state index in [4.69, 9.17) is 4.74 Å². The number of rotatable bonds is 1. The summed E-state index contributed by atoms with van der Waals surface area (Å²) in [6, 6.07) is 5.38. The van der Waals surface area contributed by atoms with Crippen LogP contribution in [0.1, 0.15) is 12.6 Å². The molecule has 1 aromatic heterocycles. The Morgan fingerprint density at radius 1 is 1.53 bits per heavy atom. The van der Waals surface area contributed by atoms with E-state index in [9.17, 15) is 4.39 Å². The van der Waals surface area contributed by atoms with Crippen LogP contribution in [0.25, 0.3) is 10.9 Å². The average Bonchev–Trinajstić information content (AvgIpc) is 2.41. The SMILES string of the molecule is Fc1nn(C2CCO2)c2cc(Br)ccc12. The molecule has 0 aliphatic carbocycles. The fraction of sp³-hybridized carbons (Fsp3) is 0.300. The van der Waals surface area contributed by atoms with Crippen molar-refractivity contribution in [3.8, 4) is 0 Å². The van der Waals surface area contributed by atoms with Gasteiger partial charge < -0.3 is 4.74 Å². The van der Waals surface area contributed by atoms with Crippen LogP contribution in [0.2, 0.25) is 0 Å². The van der Waals surface area contributed by atoms with E-state index in [1.165, 1.54) is 0 Å². The Kier molecular flexibility index (Phi) is 2.03. The van der Waals surface area contributed by atoms with E-state index in [0.717, 1.165) is 23.0 Å². The molecule has 0 radical (unpaired) electrons. The van der Waals surface area contributed by atoms with Crippen LogP contribution < -0.4 is 0 Å². The van der Waals surface area contributed by atoms with E-state index in [1.54, 1.807) is 16.8 Å². The second kappa shape index (κ2) is 3.28. The van der Waals surface area contributed by atoms with E-state index >= 15 is 0 Å². The van der Waals surface area contributed by atoms with Crippen LogP contribution in [0.15, 0.2) is 22.7 Å². The van der Waals surface area contributed by atoms with Gasteiger partial charge in [-0.3, -0.25) is 0 Å². The Bertz CT molecular complexity index is 521. The van der Waals surface area contributed by atoms with Crippen molar-refractivity contribution in [1.29, 1.82) is 0 Å². The van der Waals surface area contributed by atoms with E-state index in [2.05, 4.69) is 21.0 Å². The zero-order chi connectivity index (χ0) is 10.4. The van der Waals surface area contributed by atoms with Crippen LogP contribution in [0.4, 0.5) is 4.39 Å². The summed E-state index contributed by atoms with van der Waals surface area (Å²) in [7, 11) is 0. The topological polar surface area (TPSA) is 27.1 Å². The fourth-order valence-corrected chi connectivity index (χ4v) is 2.06. The van der Waals surface area contributed by atoms with Gasteiger partial charge in [-0.1, -0.05) is 15.9 Å². The van der Waals surface area contributed by atoms with Gasteiger partial charge in [-0.2, -0.15) is 4.39 Å². The normalized spacial score (nSPS) is 20.5. The van der Waals surface area contributed by atoms with Crippen LogP contribution in [0, 0.1) is 5.95 Å². The molecule has 1 saturated heterocycles. The van der Waals surface area contributed by atoms with Gasteiger partial charge in [0.15, 0.2) is 6.23 Å². The number of aromatic nitrogens is 2. The van der Waals surface area contributed by atoms with Crippen molar-refractivity contribution in [3.05, 3.63) is 28.6 Å². The van der Waals surface area contributed by atoms with Crippen molar-refractivity contribution in [1.82, 2.24) is 9.78 Å². The van der Waals surface area contributed by atoms with Gasteiger partial charge in [-0.15, -0.1) is 5.10 Å². The van der Waals surface area contributed by atoms with Crippen molar-refractivity contribution in [2.45, 2.75) is 12.6 Å². The molecule has 78 valence electrons. The van der Waals surface area contributed by atoms with Crippen LogP contribution in [-0.2, 0) is 4.74 Å². The number of fused-ring (bicyclic) bond motifs is 1. The molecule has 3 nitrogen and oxygen atoms in total. The van der Waals surface area contributed by atoms with Gasteiger partial charge in [0.25, 0.3) is 0 Å². The molecule has 0 spiro atoms. The maximum Gasteiger partial charge on any atom is 0.240 e. The minimum atomic E-state index is -0.437. The number of ether oxygens (including phenoxy) is 1. The molecule has 1 aliphatic rings. The van der Waals surface area contributed by atoms with Crippen LogP contribution >= 0.6 is 15.9 Å². The summed E-state index contributed by atoms with van der Waals surface area (Å²) in [6.07, 6.45) is 0.786. The minimum Gasteiger partial charge on any atom is -0.356 e. The maximum atomic E-state index is 13.5. The summed E-state index contributed by atoms with van der Waals surface area (Å²) in [6.45, 7) is 0.724. The highest BCUT2D eigenvalue weighted by Gasteiger charge is 2.24. The first-order valence-corrected chi connectivity index (χ1v) is 5.50. The molecule has 1 unspecified atom stereocenters. The van der Waals surface area contributed by atoms with E-state index in [-0.39, 0.29) is 6.23 Å². The van der Waals surface area contributed by atoms with Crippen molar-refractivity contribution in [2.24, 2.45) is 0 Å². The third-order valence-electron chi connectivity index (χ3n) is 2.57. The van der Waals surface area contributed by atoms with Crippen LogP contribution in [0.5, 0.6) is 0 Å². The van der Waals surface area contributed by atoms with Crippen molar-refractivity contribution < 1.29 is 9.13 Å². The fourth-order valence-electron chi connectivity index (χ4n) is 1.71. The average molecular weight is 271 g/mol. The lowest BCUT2D eigenvalue weighted by atomic mass is 10.2. The highest BCUT2D eigenvalue weighted by molar-refractivity contribution is 9.10. The summed E-state index contributed by atoms with van der Waals surface area (Å²) < 4.78 is 21.3. The first-order valence-electron chi connectivity index (χ1n) is 4.70. The second-order valence-corrected chi connectivity index (χ2v) is 4.43. The third-order valence-corrected chi connectivity index (χ3v) is 3.07. The van der Waals surface area contributed by atoms with Gasteiger partial charge in [-0.05, 0) is 18.2 Å². The molecule has 2 aromatic rings. The Balaban J connectivity index is 2.24. The molecular formula is C10H8BrFN2O. The highest BCUT2D eigenvalue weighted by atomic mass is 79.9. The molecule has 1 fully saturated rings. The van der Waals surface area contributed by atoms with Gasteiger partial charge in [-0.25, -0.2) is 4.68 Å². The number of hydrogen-bond acceptors (Lipinski definition) is 2. The van der Waals surface area contributed by atoms with Gasteiger partial charge in [0, 0.05) is 10.9 Å². The number of hydrogen-bond donors (Lipinski definition) is 0. The Morgan fingerprint density at radius 2 is 2.33 bits per heavy atom. The first-order chi connectivity index (χ1) is 7.25. The Labute approximate surface area is 94.0 Å². The predicted molar refractivity (Wildman–Crippen MR) is 57.0 cm³/mol. The molecule has 1 aromatic carbocycles. The highest BCUT2D eigenvalue weighted by Crippen LogP contribution is 2.29. The molecule has 3 rings (SSSR count). The zero-order valence-electron chi connectivity index (χ0n) is 7.78. The lowest BCUT2D eigenvalue weighted by molar-refractivity contribution is -0.104. The molecule has 1 aliphatic heterocycles. The van der Waals surface area contributed by atoms with Gasteiger partial charge >= 0.3 is 0 Å². The van der Waals surface area contributed by atoms with Gasteiger partial charge in [0.05, 0.1) is 17.5 Å². The zero-order valence-corrected chi connectivity index (χ0v) is 9.37. The molecule has 5 heteroatoms. The predicted octanol–water partition coefficient (Wildman–Crippen LogP) is 2.86. The Hall–Kier alpha value is -0.940. The van der Waals surface area contributed by atoms with Crippen LogP contribution in [-0.4, -0.2) is 16.4 Å².